The molecule has 156 valence electrons. The lowest BCUT2D eigenvalue weighted by Gasteiger charge is -2.29. The van der Waals surface area contributed by atoms with Gasteiger partial charge in [0.05, 0.1) is 17.2 Å². The number of para-hydroxylation sites is 1. The summed E-state index contributed by atoms with van der Waals surface area (Å²) in [4.78, 5) is 40.9. The first kappa shape index (κ1) is 21.0. The fraction of sp³-hybridized carbons (Fsp3) is 0.545. The van der Waals surface area contributed by atoms with Crippen LogP contribution in [0.25, 0.3) is 10.9 Å². The highest BCUT2D eigenvalue weighted by Crippen LogP contribution is 2.30. The zero-order chi connectivity index (χ0) is 21.0. The van der Waals surface area contributed by atoms with E-state index in [9.17, 15) is 19.5 Å². The van der Waals surface area contributed by atoms with Crippen molar-refractivity contribution in [3.05, 3.63) is 40.9 Å². The summed E-state index contributed by atoms with van der Waals surface area (Å²) in [5, 5.41) is 12.6. The summed E-state index contributed by atoms with van der Waals surface area (Å²) >= 11 is 0. The smallest absolute Gasteiger partial charge is 0.326 e. The van der Waals surface area contributed by atoms with Crippen molar-refractivity contribution in [3.8, 4) is 0 Å². The highest BCUT2D eigenvalue weighted by Gasteiger charge is 2.30. The molecule has 2 N–H and O–H groups in total. The number of rotatable bonds is 7. The monoisotopic (exact) mass is 399 g/mol. The number of fused-ring (bicyclic) bond motifs is 1. The van der Waals surface area contributed by atoms with E-state index in [-0.39, 0.29) is 23.3 Å². The first-order valence-corrected chi connectivity index (χ1v) is 10.3. The van der Waals surface area contributed by atoms with Gasteiger partial charge in [0.1, 0.15) is 6.04 Å². The van der Waals surface area contributed by atoms with Crippen LogP contribution in [0.4, 0.5) is 0 Å². The molecule has 1 saturated carbocycles. The molecule has 2 aromatic rings. The SMILES string of the molecule is CC(C)CC(NC(=O)C1CCC(Cn2cnc3ccccc3c2=O)CC1)C(=O)O. The van der Waals surface area contributed by atoms with Gasteiger partial charge in [-0.05, 0) is 56.1 Å². The van der Waals surface area contributed by atoms with E-state index in [1.807, 2.05) is 32.0 Å². The van der Waals surface area contributed by atoms with Crippen LogP contribution in [-0.4, -0.2) is 32.6 Å². The number of nitrogens with zero attached hydrogens (tertiary/aromatic N) is 2. The maximum atomic E-state index is 12.7. The molecule has 1 aromatic carbocycles. The maximum Gasteiger partial charge on any atom is 0.326 e. The molecule has 1 aromatic heterocycles. The van der Waals surface area contributed by atoms with Crippen LogP contribution < -0.4 is 10.9 Å². The maximum absolute atomic E-state index is 12.7. The minimum atomic E-state index is -0.982. The van der Waals surface area contributed by atoms with Gasteiger partial charge in [0.25, 0.3) is 5.56 Å². The molecule has 7 nitrogen and oxygen atoms in total. The van der Waals surface area contributed by atoms with Crippen LogP contribution in [0.15, 0.2) is 35.4 Å². The molecule has 7 heteroatoms. The zero-order valence-corrected chi connectivity index (χ0v) is 17.0. The Hall–Kier alpha value is -2.70. The molecule has 0 bridgehead atoms. The second-order valence-corrected chi connectivity index (χ2v) is 8.47. The largest absolute Gasteiger partial charge is 0.480 e. The van der Waals surface area contributed by atoms with Gasteiger partial charge in [-0.25, -0.2) is 9.78 Å². The van der Waals surface area contributed by atoms with Crippen molar-refractivity contribution in [2.75, 3.05) is 0 Å². The number of hydrogen-bond acceptors (Lipinski definition) is 4. The topological polar surface area (TPSA) is 101 Å². The third-order valence-corrected chi connectivity index (χ3v) is 5.73. The highest BCUT2D eigenvalue weighted by molar-refractivity contribution is 5.85. The van der Waals surface area contributed by atoms with Crippen LogP contribution in [0.3, 0.4) is 0 Å². The van der Waals surface area contributed by atoms with Crippen molar-refractivity contribution in [3.63, 3.8) is 0 Å². The summed E-state index contributed by atoms with van der Waals surface area (Å²) < 4.78 is 1.66. The molecule has 1 atom stereocenters. The van der Waals surface area contributed by atoms with Crippen molar-refractivity contribution in [2.24, 2.45) is 17.8 Å². The molecule has 1 fully saturated rings. The van der Waals surface area contributed by atoms with Crippen LogP contribution in [0.1, 0.15) is 46.0 Å². The summed E-state index contributed by atoms with van der Waals surface area (Å²) in [7, 11) is 0. The van der Waals surface area contributed by atoms with Crippen molar-refractivity contribution >= 4 is 22.8 Å². The number of benzene rings is 1. The summed E-state index contributed by atoms with van der Waals surface area (Å²) in [6.07, 6.45) is 5.11. The van der Waals surface area contributed by atoms with Crippen molar-refractivity contribution in [2.45, 2.75) is 58.5 Å². The molecular weight excluding hydrogens is 370 g/mol. The first-order chi connectivity index (χ1) is 13.8. The van der Waals surface area contributed by atoms with Crippen molar-refractivity contribution in [1.29, 1.82) is 0 Å². The lowest BCUT2D eigenvalue weighted by Crippen LogP contribution is -2.45. The Bertz CT molecular complexity index is 929. The van der Waals surface area contributed by atoms with Crippen molar-refractivity contribution < 1.29 is 14.7 Å². The number of carbonyl (C=O) groups excluding carboxylic acids is 1. The molecule has 0 aliphatic heterocycles. The van der Waals surface area contributed by atoms with E-state index in [4.69, 9.17) is 0 Å². The number of carbonyl (C=O) groups is 2. The van der Waals surface area contributed by atoms with E-state index in [2.05, 4.69) is 10.3 Å². The van der Waals surface area contributed by atoms with Crippen molar-refractivity contribution in [1.82, 2.24) is 14.9 Å². The average Bonchev–Trinajstić information content (AvgIpc) is 2.70. The van der Waals surface area contributed by atoms with E-state index in [0.29, 0.717) is 42.6 Å². The van der Waals surface area contributed by atoms with Gasteiger partial charge in [-0.1, -0.05) is 26.0 Å². The average molecular weight is 399 g/mol. The minimum absolute atomic E-state index is 0.0338. The predicted octanol–water partition coefficient (Wildman–Crippen LogP) is 2.82. The Balaban J connectivity index is 1.56. The molecule has 1 aliphatic carbocycles. The molecule has 1 unspecified atom stereocenters. The van der Waals surface area contributed by atoms with E-state index >= 15 is 0 Å². The molecular formula is C22H29N3O4. The standard InChI is InChI=1S/C22H29N3O4/c1-14(2)11-19(22(28)29)24-20(26)16-9-7-15(8-10-16)12-25-13-23-18-6-4-3-5-17(18)21(25)27/h3-6,13-16,19H,7-12H2,1-2H3,(H,24,26)(H,28,29). The number of amides is 1. The van der Waals surface area contributed by atoms with Gasteiger partial charge in [0.15, 0.2) is 0 Å². The molecule has 1 heterocycles. The molecule has 29 heavy (non-hydrogen) atoms. The van der Waals surface area contributed by atoms with Crippen LogP contribution >= 0.6 is 0 Å². The Kier molecular flexibility index (Phi) is 6.67. The lowest BCUT2D eigenvalue weighted by atomic mass is 9.81. The number of hydrogen-bond donors (Lipinski definition) is 2. The molecule has 1 amide bonds. The van der Waals surface area contributed by atoms with E-state index in [1.54, 1.807) is 17.0 Å². The molecule has 0 saturated heterocycles. The number of carboxylic acids is 1. The van der Waals surface area contributed by atoms with Gasteiger partial charge >= 0.3 is 5.97 Å². The molecule has 0 radical (unpaired) electrons. The van der Waals surface area contributed by atoms with Gasteiger partial charge < -0.3 is 10.4 Å². The third kappa shape index (κ3) is 5.22. The van der Waals surface area contributed by atoms with Crippen LogP contribution in [0, 0.1) is 17.8 Å². The number of nitrogens with one attached hydrogen (secondary N) is 1. The lowest BCUT2D eigenvalue weighted by molar-refractivity contribution is -0.143. The van der Waals surface area contributed by atoms with Crippen LogP contribution in [0.5, 0.6) is 0 Å². The zero-order valence-electron chi connectivity index (χ0n) is 17.0. The van der Waals surface area contributed by atoms with Gasteiger partial charge in [0, 0.05) is 12.5 Å². The highest BCUT2D eigenvalue weighted by atomic mass is 16.4. The van der Waals surface area contributed by atoms with Gasteiger partial charge in [-0.2, -0.15) is 0 Å². The second kappa shape index (κ2) is 9.20. The molecule has 0 spiro atoms. The van der Waals surface area contributed by atoms with Gasteiger partial charge in [-0.3, -0.25) is 14.2 Å². The Labute approximate surface area is 170 Å². The van der Waals surface area contributed by atoms with Gasteiger partial charge in [0.2, 0.25) is 5.91 Å². The first-order valence-electron chi connectivity index (χ1n) is 10.3. The van der Waals surface area contributed by atoms with Crippen LogP contribution in [0.2, 0.25) is 0 Å². The van der Waals surface area contributed by atoms with E-state index in [0.717, 1.165) is 12.8 Å². The third-order valence-electron chi connectivity index (χ3n) is 5.73. The Morgan fingerprint density at radius 3 is 2.55 bits per heavy atom. The number of aliphatic carboxylic acids is 1. The van der Waals surface area contributed by atoms with Crippen LogP contribution in [-0.2, 0) is 16.1 Å². The predicted molar refractivity (Wildman–Crippen MR) is 110 cm³/mol. The Morgan fingerprint density at radius 2 is 1.90 bits per heavy atom. The summed E-state index contributed by atoms with van der Waals surface area (Å²) in [5.74, 6) is -0.802. The minimum Gasteiger partial charge on any atom is -0.480 e. The fourth-order valence-electron chi connectivity index (χ4n) is 4.10. The fourth-order valence-corrected chi connectivity index (χ4v) is 4.10. The Morgan fingerprint density at radius 1 is 1.21 bits per heavy atom. The second-order valence-electron chi connectivity index (χ2n) is 8.47. The van der Waals surface area contributed by atoms with E-state index in [1.165, 1.54) is 0 Å². The summed E-state index contributed by atoms with van der Waals surface area (Å²) in [6.45, 7) is 4.48. The summed E-state index contributed by atoms with van der Waals surface area (Å²) in [5.41, 5.74) is 0.664. The molecule has 1 aliphatic rings. The normalized spacial score (nSPS) is 20.5. The number of carboxylic acid groups (broad SMARTS) is 1. The quantitative estimate of drug-likeness (QED) is 0.745. The summed E-state index contributed by atoms with van der Waals surface area (Å²) in [6, 6.07) is 6.49. The number of aromatic nitrogens is 2. The molecule has 3 rings (SSSR count). The van der Waals surface area contributed by atoms with E-state index < -0.39 is 12.0 Å². The van der Waals surface area contributed by atoms with Gasteiger partial charge in [-0.15, -0.1) is 0 Å².